The number of amides is 1. The maximum absolute atomic E-state index is 12.7. The zero-order chi connectivity index (χ0) is 20.2. The van der Waals surface area contributed by atoms with Gasteiger partial charge in [-0.25, -0.2) is 0 Å². The molecule has 0 radical (unpaired) electrons. The molecule has 0 aliphatic carbocycles. The fourth-order valence-corrected chi connectivity index (χ4v) is 2.96. The third kappa shape index (κ3) is 5.74. The second kappa shape index (κ2) is 8.79. The molecule has 2 aromatic carbocycles. The van der Waals surface area contributed by atoms with Gasteiger partial charge >= 0.3 is 0 Å². The molecule has 0 aliphatic heterocycles. The number of ether oxygens (including phenoxy) is 1. The summed E-state index contributed by atoms with van der Waals surface area (Å²) in [5.74, 6) is 0.540. The van der Waals surface area contributed by atoms with Crippen LogP contribution < -0.4 is 10.1 Å². The van der Waals surface area contributed by atoms with Crippen molar-refractivity contribution in [2.45, 2.75) is 65.5 Å². The molecule has 4 heteroatoms. The number of benzene rings is 2. The molecule has 0 saturated carbocycles. The first-order valence-corrected chi connectivity index (χ1v) is 9.83. The Bertz CT molecular complexity index is 778. The molecule has 0 aromatic heterocycles. The number of carbonyl (C=O) groups excluding carboxylic acids is 1. The van der Waals surface area contributed by atoms with Gasteiger partial charge in [0.1, 0.15) is 5.75 Å². The second-order valence-corrected chi connectivity index (χ2v) is 8.44. The van der Waals surface area contributed by atoms with Gasteiger partial charge < -0.3 is 10.1 Å². The lowest BCUT2D eigenvalue weighted by Gasteiger charge is -2.23. The molecular weight excluding hydrogens is 358 g/mol. The molecule has 1 amide bonds. The molecule has 2 atom stereocenters. The van der Waals surface area contributed by atoms with E-state index < -0.39 is 6.10 Å². The van der Waals surface area contributed by atoms with Gasteiger partial charge in [0.2, 0.25) is 0 Å². The maximum atomic E-state index is 12.7. The highest BCUT2D eigenvalue weighted by Gasteiger charge is 2.21. The molecule has 146 valence electrons. The Morgan fingerprint density at radius 2 is 1.78 bits per heavy atom. The van der Waals surface area contributed by atoms with E-state index in [-0.39, 0.29) is 17.4 Å². The van der Waals surface area contributed by atoms with Crippen molar-refractivity contribution in [1.82, 2.24) is 5.32 Å². The van der Waals surface area contributed by atoms with Crippen LogP contribution >= 0.6 is 11.6 Å². The molecule has 1 N–H and O–H groups in total. The summed E-state index contributed by atoms with van der Waals surface area (Å²) in [6.45, 7) is 12.4. The highest BCUT2D eigenvalue weighted by molar-refractivity contribution is 6.31. The van der Waals surface area contributed by atoms with Crippen LogP contribution in [0.1, 0.15) is 63.8 Å². The number of rotatable bonds is 6. The Labute approximate surface area is 168 Å². The first kappa shape index (κ1) is 21.3. The summed E-state index contributed by atoms with van der Waals surface area (Å²) in [6, 6.07) is 13.8. The van der Waals surface area contributed by atoms with Crippen LogP contribution in [0, 0.1) is 6.92 Å². The van der Waals surface area contributed by atoms with Crippen LogP contribution in [0.4, 0.5) is 0 Å². The lowest BCUT2D eigenvalue weighted by atomic mass is 9.86. The largest absolute Gasteiger partial charge is 0.481 e. The number of nitrogens with one attached hydrogen (secondary N) is 1. The van der Waals surface area contributed by atoms with Gasteiger partial charge in [-0.2, -0.15) is 0 Å². The van der Waals surface area contributed by atoms with Crippen molar-refractivity contribution < 1.29 is 9.53 Å². The first-order chi connectivity index (χ1) is 12.6. The SMILES string of the molecule is CC[C@@H](Oc1ccc(Cl)c(C)c1)C(=O)N[C@@H](C)c1ccc(C(C)(C)C)cc1. The van der Waals surface area contributed by atoms with Gasteiger partial charge in [-0.05, 0) is 60.6 Å². The van der Waals surface area contributed by atoms with E-state index >= 15 is 0 Å². The molecule has 2 aromatic rings. The van der Waals surface area contributed by atoms with Crippen molar-refractivity contribution in [2.75, 3.05) is 0 Å². The zero-order valence-electron chi connectivity index (χ0n) is 17.1. The van der Waals surface area contributed by atoms with Crippen LogP contribution in [-0.2, 0) is 10.2 Å². The van der Waals surface area contributed by atoms with Gasteiger partial charge in [-0.15, -0.1) is 0 Å². The van der Waals surface area contributed by atoms with Gasteiger partial charge in [0.25, 0.3) is 5.91 Å². The van der Waals surface area contributed by atoms with Crippen molar-refractivity contribution in [1.29, 1.82) is 0 Å². The zero-order valence-corrected chi connectivity index (χ0v) is 17.9. The van der Waals surface area contributed by atoms with E-state index in [1.54, 1.807) is 12.1 Å². The predicted molar refractivity (Wildman–Crippen MR) is 113 cm³/mol. The molecule has 0 unspecified atom stereocenters. The summed E-state index contributed by atoms with van der Waals surface area (Å²) in [7, 11) is 0. The Hall–Kier alpha value is -2.00. The van der Waals surface area contributed by atoms with Gasteiger partial charge in [-0.3, -0.25) is 4.79 Å². The van der Waals surface area contributed by atoms with Gasteiger partial charge in [0.05, 0.1) is 6.04 Å². The summed E-state index contributed by atoms with van der Waals surface area (Å²) >= 11 is 6.05. The molecule has 3 nitrogen and oxygen atoms in total. The van der Waals surface area contributed by atoms with E-state index in [2.05, 4.69) is 50.4 Å². The van der Waals surface area contributed by atoms with Crippen LogP contribution in [0.3, 0.4) is 0 Å². The van der Waals surface area contributed by atoms with Crippen molar-refractivity contribution in [2.24, 2.45) is 0 Å². The lowest BCUT2D eigenvalue weighted by molar-refractivity contribution is -0.128. The first-order valence-electron chi connectivity index (χ1n) is 9.45. The number of carbonyl (C=O) groups is 1. The standard InChI is InChI=1S/C23H30ClNO2/c1-7-21(27-19-12-13-20(24)15(2)14-19)22(26)25-16(3)17-8-10-18(11-9-17)23(4,5)6/h8-14,16,21H,7H2,1-6H3,(H,25,26)/t16-,21+/m0/s1. The Balaban J connectivity index is 2.03. The number of halogens is 1. The highest BCUT2D eigenvalue weighted by atomic mass is 35.5. The van der Waals surface area contributed by atoms with Gasteiger partial charge in [-0.1, -0.05) is 63.6 Å². The summed E-state index contributed by atoms with van der Waals surface area (Å²) in [5, 5.41) is 3.75. The lowest BCUT2D eigenvalue weighted by Crippen LogP contribution is -2.39. The Morgan fingerprint density at radius 1 is 1.15 bits per heavy atom. The van der Waals surface area contributed by atoms with E-state index in [4.69, 9.17) is 16.3 Å². The molecule has 2 rings (SSSR count). The molecule has 0 saturated heterocycles. The normalized spacial score (nSPS) is 13.7. The fraction of sp³-hybridized carbons (Fsp3) is 0.435. The van der Waals surface area contributed by atoms with Crippen molar-refractivity contribution in [3.05, 3.63) is 64.2 Å². The Kier molecular flexibility index (Phi) is 6.94. The van der Waals surface area contributed by atoms with Crippen LogP contribution in [0.5, 0.6) is 5.75 Å². The van der Waals surface area contributed by atoms with E-state index in [1.165, 1.54) is 5.56 Å². The van der Waals surface area contributed by atoms with Crippen LogP contribution in [0.25, 0.3) is 0 Å². The number of hydrogen-bond donors (Lipinski definition) is 1. The average molecular weight is 388 g/mol. The monoisotopic (exact) mass is 387 g/mol. The fourth-order valence-electron chi connectivity index (χ4n) is 2.84. The third-order valence-corrected chi connectivity index (χ3v) is 5.13. The minimum absolute atomic E-state index is 0.0869. The van der Waals surface area contributed by atoms with E-state index in [0.29, 0.717) is 17.2 Å². The predicted octanol–water partition coefficient (Wildman–Crippen LogP) is 5.98. The van der Waals surface area contributed by atoms with Crippen molar-refractivity contribution in [3.8, 4) is 5.75 Å². The van der Waals surface area contributed by atoms with Crippen LogP contribution in [0.15, 0.2) is 42.5 Å². The topological polar surface area (TPSA) is 38.3 Å². The third-order valence-electron chi connectivity index (χ3n) is 4.71. The summed E-state index contributed by atoms with van der Waals surface area (Å²) in [6.07, 6.45) is 0.0466. The van der Waals surface area contributed by atoms with E-state index in [9.17, 15) is 4.79 Å². The average Bonchev–Trinajstić information content (AvgIpc) is 2.61. The molecule has 0 spiro atoms. The molecule has 0 aliphatic rings. The Morgan fingerprint density at radius 3 is 2.30 bits per heavy atom. The number of hydrogen-bond acceptors (Lipinski definition) is 2. The smallest absolute Gasteiger partial charge is 0.261 e. The maximum Gasteiger partial charge on any atom is 0.261 e. The molecule has 0 bridgehead atoms. The molecule has 27 heavy (non-hydrogen) atoms. The van der Waals surface area contributed by atoms with E-state index in [1.807, 2.05) is 26.8 Å². The molecule has 0 heterocycles. The second-order valence-electron chi connectivity index (χ2n) is 8.03. The minimum Gasteiger partial charge on any atom is -0.481 e. The highest BCUT2D eigenvalue weighted by Crippen LogP contribution is 2.25. The number of aryl methyl sites for hydroxylation is 1. The summed E-state index contributed by atoms with van der Waals surface area (Å²) in [4.78, 5) is 12.7. The van der Waals surface area contributed by atoms with E-state index in [0.717, 1.165) is 11.1 Å². The van der Waals surface area contributed by atoms with Crippen LogP contribution in [-0.4, -0.2) is 12.0 Å². The quantitative estimate of drug-likeness (QED) is 0.661. The molecular formula is C23H30ClNO2. The van der Waals surface area contributed by atoms with Gasteiger partial charge in [0.15, 0.2) is 6.10 Å². The van der Waals surface area contributed by atoms with Crippen molar-refractivity contribution in [3.63, 3.8) is 0 Å². The van der Waals surface area contributed by atoms with Crippen LogP contribution in [0.2, 0.25) is 5.02 Å². The van der Waals surface area contributed by atoms with Gasteiger partial charge in [0, 0.05) is 5.02 Å². The minimum atomic E-state index is -0.540. The molecule has 0 fully saturated rings. The summed E-state index contributed by atoms with van der Waals surface area (Å²) < 4.78 is 5.89. The van der Waals surface area contributed by atoms with Crippen molar-refractivity contribution >= 4 is 17.5 Å². The summed E-state index contributed by atoms with van der Waals surface area (Å²) in [5.41, 5.74) is 3.39.